The Bertz CT molecular complexity index is 1110. The second kappa shape index (κ2) is 9.12. The van der Waals surface area contributed by atoms with Gasteiger partial charge in [-0.25, -0.2) is 9.78 Å². The SMILES string of the molecule is COc1cccc([C@H](C)Nc2nc(C(=O)OC3CCN(C)C3)nc3c(C(C)C)cnn23)c1. The van der Waals surface area contributed by atoms with Gasteiger partial charge in [-0.3, -0.25) is 0 Å². The summed E-state index contributed by atoms with van der Waals surface area (Å²) in [5, 5.41) is 7.86. The van der Waals surface area contributed by atoms with Crippen molar-refractivity contribution in [2.45, 2.75) is 45.3 Å². The minimum absolute atomic E-state index is 0.0368. The van der Waals surface area contributed by atoms with Crippen molar-refractivity contribution in [1.29, 1.82) is 0 Å². The van der Waals surface area contributed by atoms with Crippen LogP contribution in [0.1, 0.15) is 60.9 Å². The largest absolute Gasteiger partial charge is 0.497 e. The van der Waals surface area contributed by atoms with Crippen molar-refractivity contribution in [2.24, 2.45) is 0 Å². The number of anilines is 1. The Labute approximate surface area is 187 Å². The van der Waals surface area contributed by atoms with Crippen molar-refractivity contribution in [2.75, 3.05) is 32.6 Å². The number of hydrogen-bond donors (Lipinski definition) is 1. The van der Waals surface area contributed by atoms with Gasteiger partial charge in [-0.1, -0.05) is 26.0 Å². The third-order valence-electron chi connectivity index (χ3n) is 5.76. The normalized spacial score (nSPS) is 17.6. The van der Waals surface area contributed by atoms with E-state index < -0.39 is 5.97 Å². The van der Waals surface area contributed by atoms with Gasteiger partial charge in [-0.2, -0.15) is 14.6 Å². The summed E-state index contributed by atoms with van der Waals surface area (Å²) in [4.78, 5) is 24.1. The molecule has 2 atom stereocenters. The fraction of sp³-hybridized carbons (Fsp3) is 0.478. The Morgan fingerprint density at radius 3 is 2.75 bits per heavy atom. The number of likely N-dealkylation sites (N-methyl/N-ethyl adjacent to an activating group) is 1. The quantitative estimate of drug-likeness (QED) is 0.562. The number of carbonyl (C=O) groups excluding carboxylic acids is 1. The number of methoxy groups -OCH3 is 1. The van der Waals surface area contributed by atoms with E-state index in [2.05, 4.69) is 39.1 Å². The highest BCUT2D eigenvalue weighted by Crippen LogP contribution is 2.25. The number of fused-ring (bicyclic) bond motifs is 1. The molecule has 1 aromatic carbocycles. The number of ether oxygens (including phenoxy) is 2. The molecule has 3 aromatic rings. The van der Waals surface area contributed by atoms with Crippen LogP contribution in [0, 0.1) is 0 Å². The maximum atomic E-state index is 12.9. The molecule has 0 bridgehead atoms. The van der Waals surface area contributed by atoms with E-state index in [1.807, 2.05) is 38.2 Å². The lowest BCUT2D eigenvalue weighted by Gasteiger charge is -2.17. The lowest BCUT2D eigenvalue weighted by molar-refractivity contribution is 0.0312. The van der Waals surface area contributed by atoms with Crippen LogP contribution in [-0.4, -0.2) is 63.8 Å². The van der Waals surface area contributed by atoms with E-state index in [0.717, 1.165) is 36.4 Å². The minimum Gasteiger partial charge on any atom is -0.497 e. The molecule has 9 nitrogen and oxygen atoms in total. The summed E-state index contributed by atoms with van der Waals surface area (Å²) in [6.07, 6.45) is 2.44. The number of aromatic nitrogens is 4. The van der Waals surface area contributed by atoms with Crippen molar-refractivity contribution >= 4 is 17.6 Å². The molecule has 2 aromatic heterocycles. The molecule has 1 aliphatic rings. The van der Waals surface area contributed by atoms with Crippen molar-refractivity contribution in [3.63, 3.8) is 0 Å². The van der Waals surface area contributed by atoms with E-state index in [9.17, 15) is 4.79 Å². The Balaban J connectivity index is 1.67. The number of hydrogen-bond acceptors (Lipinski definition) is 8. The summed E-state index contributed by atoms with van der Waals surface area (Å²) in [6.45, 7) is 7.77. The highest BCUT2D eigenvalue weighted by atomic mass is 16.5. The summed E-state index contributed by atoms with van der Waals surface area (Å²) in [5.74, 6) is 0.928. The van der Waals surface area contributed by atoms with Gasteiger partial charge in [0.2, 0.25) is 11.8 Å². The predicted molar refractivity (Wildman–Crippen MR) is 121 cm³/mol. The lowest BCUT2D eigenvalue weighted by atomic mass is 10.1. The van der Waals surface area contributed by atoms with E-state index in [4.69, 9.17) is 9.47 Å². The van der Waals surface area contributed by atoms with Crippen LogP contribution < -0.4 is 10.1 Å². The highest BCUT2D eigenvalue weighted by Gasteiger charge is 2.26. The van der Waals surface area contributed by atoms with Gasteiger partial charge in [0.15, 0.2) is 5.65 Å². The Kier molecular flexibility index (Phi) is 6.27. The van der Waals surface area contributed by atoms with Gasteiger partial charge in [-0.05, 0) is 44.0 Å². The van der Waals surface area contributed by atoms with Crippen molar-refractivity contribution in [3.8, 4) is 5.75 Å². The number of nitrogens with zero attached hydrogens (tertiary/aromatic N) is 5. The van der Waals surface area contributed by atoms with E-state index in [1.165, 1.54) is 0 Å². The first kappa shape index (κ1) is 22.0. The monoisotopic (exact) mass is 438 g/mol. The highest BCUT2D eigenvalue weighted by molar-refractivity contribution is 5.86. The Morgan fingerprint density at radius 2 is 2.06 bits per heavy atom. The van der Waals surface area contributed by atoms with Crippen LogP contribution in [0.2, 0.25) is 0 Å². The number of likely N-dealkylation sites (tertiary alicyclic amines) is 1. The van der Waals surface area contributed by atoms with E-state index in [-0.39, 0.29) is 23.9 Å². The molecule has 0 saturated carbocycles. The van der Waals surface area contributed by atoms with Gasteiger partial charge >= 0.3 is 5.97 Å². The van der Waals surface area contributed by atoms with Crippen LogP contribution in [0.5, 0.6) is 5.75 Å². The molecular weight excluding hydrogens is 408 g/mol. The molecule has 1 aliphatic heterocycles. The summed E-state index contributed by atoms with van der Waals surface area (Å²) in [6, 6.07) is 7.70. The fourth-order valence-electron chi connectivity index (χ4n) is 3.87. The molecule has 9 heteroatoms. The first-order valence-corrected chi connectivity index (χ1v) is 10.9. The van der Waals surface area contributed by atoms with Gasteiger partial charge < -0.3 is 19.7 Å². The second-order valence-corrected chi connectivity index (χ2v) is 8.58. The zero-order valence-electron chi connectivity index (χ0n) is 19.2. The van der Waals surface area contributed by atoms with E-state index in [1.54, 1.807) is 17.8 Å². The van der Waals surface area contributed by atoms with Crippen LogP contribution in [0.25, 0.3) is 5.65 Å². The number of nitrogens with one attached hydrogen (secondary N) is 1. The average Bonchev–Trinajstić information content (AvgIpc) is 3.39. The first-order valence-electron chi connectivity index (χ1n) is 10.9. The molecule has 32 heavy (non-hydrogen) atoms. The van der Waals surface area contributed by atoms with Gasteiger partial charge in [0, 0.05) is 18.7 Å². The molecule has 170 valence electrons. The number of esters is 1. The van der Waals surface area contributed by atoms with Crippen molar-refractivity contribution < 1.29 is 14.3 Å². The molecule has 0 spiro atoms. The topological polar surface area (TPSA) is 93.9 Å². The van der Waals surface area contributed by atoms with Gasteiger partial charge in [-0.15, -0.1) is 0 Å². The summed E-state index contributed by atoms with van der Waals surface area (Å²) in [5.41, 5.74) is 2.57. The van der Waals surface area contributed by atoms with E-state index in [0.29, 0.717) is 11.6 Å². The van der Waals surface area contributed by atoms with Crippen molar-refractivity contribution in [3.05, 3.63) is 47.4 Å². The summed E-state index contributed by atoms with van der Waals surface area (Å²) in [7, 11) is 3.65. The van der Waals surface area contributed by atoms with E-state index >= 15 is 0 Å². The zero-order valence-corrected chi connectivity index (χ0v) is 19.2. The molecule has 0 radical (unpaired) electrons. The molecule has 1 saturated heterocycles. The maximum absolute atomic E-state index is 12.9. The van der Waals surface area contributed by atoms with Crippen molar-refractivity contribution in [1.82, 2.24) is 24.5 Å². The van der Waals surface area contributed by atoms with Crippen LogP contribution in [0.15, 0.2) is 30.5 Å². The molecule has 1 fully saturated rings. The molecular formula is C23H30N6O3. The third-order valence-corrected chi connectivity index (χ3v) is 5.76. The zero-order chi connectivity index (χ0) is 22.8. The molecule has 4 rings (SSSR count). The fourth-order valence-corrected chi connectivity index (χ4v) is 3.87. The smallest absolute Gasteiger partial charge is 0.376 e. The van der Waals surface area contributed by atoms with Gasteiger partial charge in [0.1, 0.15) is 11.9 Å². The van der Waals surface area contributed by atoms with Crippen LogP contribution >= 0.6 is 0 Å². The summed E-state index contributed by atoms with van der Waals surface area (Å²) < 4.78 is 12.7. The molecule has 1 unspecified atom stereocenters. The lowest BCUT2D eigenvalue weighted by Crippen LogP contribution is -2.24. The van der Waals surface area contributed by atoms with Crippen LogP contribution in [0.3, 0.4) is 0 Å². The Morgan fingerprint density at radius 1 is 1.25 bits per heavy atom. The molecule has 3 heterocycles. The minimum atomic E-state index is -0.513. The molecule has 0 amide bonds. The number of benzene rings is 1. The standard InChI is InChI=1S/C23H30N6O3/c1-14(2)19-12-24-29-21(19)26-20(22(30)32-18-9-10-28(4)13-18)27-23(29)25-15(3)16-7-6-8-17(11-16)31-5/h6-8,11-12,14-15,18H,9-10,13H2,1-5H3,(H,25,26,27)/t15-,18?/m0/s1. The van der Waals surface area contributed by atoms with Gasteiger partial charge in [0.05, 0.1) is 19.3 Å². The number of carbonyl (C=O) groups is 1. The Hall–Kier alpha value is -3.20. The average molecular weight is 439 g/mol. The number of rotatable bonds is 7. The molecule has 0 aliphatic carbocycles. The predicted octanol–water partition coefficient (Wildman–Crippen LogP) is 3.29. The van der Waals surface area contributed by atoms with Crippen LogP contribution in [-0.2, 0) is 4.74 Å². The second-order valence-electron chi connectivity index (χ2n) is 8.58. The molecule has 1 N–H and O–H groups in total. The first-order chi connectivity index (χ1) is 15.4. The van der Waals surface area contributed by atoms with Crippen LogP contribution in [0.4, 0.5) is 5.95 Å². The third kappa shape index (κ3) is 4.52. The summed E-state index contributed by atoms with van der Waals surface area (Å²) >= 11 is 0. The maximum Gasteiger partial charge on any atom is 0.376 e. The van der Waals surface area contributed by atoms with Gasteiger partial charge in [0.25, 0.3) is 0 Å².